The number of carbonyl (C=O) groups excluding carboxylic acids is 1. The minimum Gasteiger partial charge on any atom is -0.381 e. The van der Waals surface area contributed by atoms with E-state index in [1.54, 1.807) is 7.05 Å². The average Bonchev–Trinajstić information content (AvgIpc) is 2.82. The average molecular weight is 312 g/mol. The summed E-state index contributed by atoms with van der Waals surface area (Å²) < 4.78 is 0. The number of nitrogens with zero attached hydrogens (tertiary/aromatic N) is 1. The van der Waals surface area contributed by atoms with Crippen molar-refractivity contribution in [1.82, 2.24) is 5.32 Å². The molecule has 21 heavy (non-hydrogen) atoms. The molecule has 0 spiro atoms. The fraction of sp³-hybridized carbons (Fsp3) is 0.500. The van der Waals surface area contributed by atoms with Gasteiger partial charge in [-0.3, -0.25) is 14.9 Å². The number of nitro benzene ring substituents is 1. The number of hydrogen-bond donors (Lipinski definition) is 2. The standard InChI is InChI=1S/C14H18ClN3O3/c1-8-3-4-10(5-8)17-14(19)9-6-11(15)13(16-2)12(7-9)18(20)21/h6-8,10,16H,3-5H2,1-2H3,(H,17,19). The molecule has 1 saturated carbocycles. The molecule has 1 aromatic carbocycles. The van der Waals surface area contributed by atoms with Gasteiger partial charge in [-0.25, -0.2) is 0 Å². The molecule has 2 N–H and O–H groups in total. The summed E-state index contributed by atoms with van der Waals surface area (Å²) >= 11 is 6.02. The Hall–Kier alpha value is -1.82. The summed E-state index contributed by atoms with van der Waals surface area (Å²) in [5.74, 6) is 0.279. The smallest absolute Gasteiger partial charge is 0.294 e. The summed E-state index contributed by atoms with van der Waals surface area (Å²) in [4.78, 5) is 22.7. The van der Waals surface area contributed by atoms with Crippen LogP contribution >= 0.6 is 11.6 Å². The molecule has 0 saturated heterocycles. The number of nitro groups is 1. The van der Waals surface area contributed by atoms with Crippen LogP contribution in [0.4, 0.5) is 11.4 Å². The molecule has 2 atom stereocenters. The molecule has 2 rings (SSSR count). The van der Waals surface area contributed by atoms with Crippen molar-refractivity contribution in [3.05, 3.63) is 32.8 Å². The molecular weight excluding hydrogens is 294 g/mol. The normalized spacial score (nSPS) is 21.1. The Balaban J connectivity index is 2.23. The molecule has 1 aliphatic carbocycles. The molecule has 1 aromatic rings. The second-order valence-corrected chi connectivity index (χ2v) is 5.86. The van der Waals surface area contributed by atoms with E-state index in [-0.39, 0.29) is 33.9 Å². The zero-order valence-corrected chi connectivity index (χ0v) is 12.7. The Labute approximate surface area is 128 Å². The van der Waals surface area contributed by atoms with E-state index in [4.69, 9.17) is 11.6 Å². The van der Waals surface area contributed by atoms with Gasteiger partial charge < -0.3 is 10.6 Å². The zero-order chi connectivity index (χ0) is 15.6. The summed E-state index contributed by atoms with van der Waals surface area (Å²) in [7, 11) is 1.55. The van der Waals surface area contributed by atoms with E-state index in [1.807, 2.05) is 0 Å². The van der Waals surface area contributed by atoms with Gasteiger partial charge in [0.05, 0.1) is 9.95 Å². The third kappa shape index (κ3) is 3.44. The highest BCUT2D eigenvalue weighted by Gasteiger charge is 2.25. The van der Waals surface area contributed by atoms with Crippen molar-refractivity contribution in [2.45, 2.75) is 32.2 Å². The van der Waals surface area contributed by atoms with Crippen LogP contribution in [0.3, 0.4) is 0 Å². The maximum absolute atomic E-state index is 12.2. The van der Waals surface area contributed by atoms with Crippen molar-refractivity contribution in [1.29, 1.82) is 0 Å². The fourth-order valence-corrected chi connectivity index (χ4v) is 3.03. The highest BCUT2D eigenvalue weighted by atomic mass is 35.5. The minimum absolute atomic E-state index is 0.134. The van der Waals surface area contributed by atoms with Gasteiger partial charge in [-0.2, -0.15) is 0 Å². The molecule has 6 nitrogen and oxygen atoms in total. The van der Waals surface area contributed by atoms with Crippen LogP contribution in [0.1, 0.15) is 36.5 Å². The van der Waals surface area contributed by atoms with Crippen LogP contribution in [-0.4, -0.2) is 23.9 Å². The van der Waals surface area contributed by atoms with E-state index in [9.17, 15) is 14.9 Å². The van der Waals surface area contributed by atoms with Gasteiger partial charge in [0.25, 0.3) is 11.6 Å². The number of hydrogen-bond acceptors (Lipinski definition) is 4. The van der Waals surface area contributed by atoms with E-state index in [0.717, 1.165) is 19.3 Å². The molecule has 0 aliphatic heterocycles. The van der Waals surface area contributed by atoms with E-state index in [2.05, 4.69) is 17.6 Å². The maximum atomic E-state index is 12.2. The lowest BCUT2D eigenvalue weighted by molar-refractivity contribution is -0.383. The van der Waals surface area contributed by atoms with Crippen molar-refractivity contribution >= 4 is 28.9 Å². The lowest BCUT2D eigenvalue weighted by Gasteiger charge is -2.13. The Bertz CT molecular complexity index is 577. The molecule has 2 unspecified atom stereocenters. The van der Waals surface area contributed by atoms with Gasteiger partial charge in [-0.1, -0.05) is 18.5 Å². The molecule has 0 radical (unpaired) electrons. The second-order valence-electron chi connectivity index (χ2n) is 5.45. The van der Waals surface area contributed by atoms with Gasteiger partial charge >= 0.3 is 0 Å². The van der Waals surface area contributed by atoms with Gasteiger partial charge in [0, 0.05) is 24.7 Å². The molecule has 1 aliphatic rings. The molecular formula is C14H18ClN3O3. The van der Waals surface area contributed by atoms with Crippen LogP contribution in [-0.2, 0) is 0 Å². The van der Waals surface area contributed by atoms with E-state index in [0.29, 0.717) is 5.92 Å². The molecule has 0 bridgehead atoms. The monoisotopic (exact) mass is 311 g/mol. The van der Waals surface area contributed by atoms with Gasteiger partial charge in [0.1, 0.15) is 5.69 Å². The number of amides is 1. The zero-order valence-electron chi connectivity index (χ0n) is 12.0. The Morgan fingerprint density at radius 3 is 2.67 bits per heavy atom. The fourth-order valence-electron chi connectivity index (χ4n) is 2.72. The first-order chi connectivity index (χ1) is 9.92. The number of carbonyl (C=O) groups is 1. The highest BCUT2D eigenvalue weighted by Crippen LogP contribution is 2.33. The van der Waals surface area contributed by atoms with Gasteiger partial charge in [0.15, 0.2) is 0 Å². The predicted octanol–water partition coefficient (Wildman–Crippen LogP) is 3.21. The van der Waals surface area contributed by atoms with Gasteiger partial charge in [0.2, 0.25) is 0 Å². The number of anilines is 1. The summed E-state index contributed by atoms with van der Waals surface area (Å²) in [6.45, 7) is 2.15. The minimum atomic E-state index is -0.549. The molecule has 1 fully saturated rings. The number of halogens is 1. The van der Waals surface area contributed by atoms with Crippen molar-refractivity contribution < 1.29 is 9.72 Å². The summed E-state index contributed by atoms with van der Waals surface area (Å²) in [6, 6.07) is 2.84. The first kappa shape index (κ1) is 15.6. The molecule has 114 valence electrons. The lowest BCUT2D eigenvalue weighted by Crippen LogP contribution is -2.32. The van der Waals surface area contributed by atoms with Crippen LogP contribution in [0.15, 0.2) is 12.1 Å². The van der Waals surface area contributed by atoms with E-state index < -0.39 is 4.92 Å². The number of rotatable bonds is 4. The van der Waals surface area contributed by atoms with Crippen molar-refractivity contribution in [3.63, 3.8) is 0 Å². The van der Waals surface area contributed by atoms with Gasteiger partial charge in [-0.15, -0.1) is 0 Å². The van der Waals surface area contributed by atoms with Crippen molar-refractivity contribution in [2.75, 3.05) is 12.4 Å². The first-order valence-corrected chi connectivity index (χ1v) is 7.26. The Morgan fingerprint density at radius 2 is 2.14 bits per heavy atom. The van der Waals surface area contributed by atoms with Crippen LogP contribution in [0, 0.1) is 16.0 Å². The molecule has 0 aromatic heterocycles. The van der Waals surface area contributed by atoms with Crippen molar-refractivity contribution in [2.24, 2.45) is 5.92 Å². The molecule has 0 heterocycles. The quantitative estimate of drug-likeness (QED) is 0.660. The highest BCUT2D eigenvalue weighted by molar-refractivity contribution is 6.34. The third-order valence-corrected chi connectivity index (χ3v) is 4.11. The second kappa shape index (κ2) is 6.30. The topological polar surface area (TPSA) is 84.3 Å². The van der Waals surface area contributed by atoms with Crippen LogP contribution < -0.4 is 10.6 Å². The van der Waals surface area contributed by atoms with E-state index >= 15 is 0 Å². The maximum Gasteiger partial charge on any atom is 0.294 e. The number of nitrogens with one attached hydrogen (secondary N) is 2. The van der Waals surface area contributed by atoms with E-state index in [1.165, 1.54) is 12.1 Å². The summed E-state index contributed by atoms with van der Waals surface area (Å²) in [5, 5.41) is 16.8. The lowest BCUT2D eigenvalue weighted by atomic mass is 10.1. The number of benzene rings is 1. The first-order valence-electron chi connectivity index (χ1n) is 6.89. The molecule has 7 heteroatoms. The third-order valence-electron chi connectivity index (χ3n) is 3.81. The van der Waals surface area contributed by atoms with Crippen molar-refractivity contribution in [3.8, 4) is 0 Å². The Kier molecular flexibility index (Phi) is 4.67. The van der Waals surface area contributed by atoms with Gasteiger partial charge in [-0.05, 0) is 31.2 Å². The SMILES string of the molecule is CNc1c(Cl)cc(C(=O)NC2CCC(C)C2)cc1[N+](=O)[O-]. The predicted molar refractivity (Wildman–Crippen MR) is 81.9 cm³/mol. The largest absolute Gasteiger partial charge is 0.381 e. The van der Waals surface area contributed by atoms with Crippen LogP contribution in [0.2, 0.25) is 5.02 Å². The molecule has 1 amide bonds. The summed E-state index contributed by atoms with van der Waals surface area (Å²) in [6.07, 6.45) is 2.97. The summed E-state index contributed by atoms with van der Waals surface area (Å²) in [5.41, 5.74) is 0.230. The van der Waals surface area contributed by atoms with Crippen LogP contribution in [0.5, 0.6) is 0 Å². The Morgan fingerprint density at radius 1 is 1.43 bits per heavy atom. The van der Waals surface area contributed by atoms with Crippen LogP contribution in [0.25, 0.3) is 0 Å².